The van der Waals surface area contributed by atoms with Crippen molar-refractivity contribution in [3.05, 3.63) is 57.6 Å². The number of anilines is 1. The lowest BCUT2D eigenvalue weighted by Crippen LogP contribution is -2.23. The summed E-state index contributed by atoms with van der Waals surface area (Å²) in [5.41, 5.74) is 1.86. The number of nitro groups is 1. The van der Waals surface area contributed by atoms with Crippen molar-refractivity contribution in [2.75, 3.05) is 24.7 Å². The van der Waals surface area contributed by atoms with Crippen LogP contribution in [0.4, 0.5) is 11.4 Å². The average molecular weight is 365 g/mol. The second kappa shape index (κ2) is 7.16. The van der Waals surface area contributed by atoms with E-state index in [1.165, 1.54) is 6.07 Å². The van der Waals surface area contributed by atoms with E-state index in [1.54, 1.807) is 12.1 Å². The van der Waals surface area contributed by atoms with E-state index >= 15 is 0 Å². The lowest BCUT2D eigenvalue weighted by atomic mass is 10.0. The third-order valence-electron chi connectivity index (χ3n) is 5.02. The Morgan fingerprint density at radius 1 is 1.11 bits per heavy atom. The van der Waals surface area contributed by atoms with Gasteiger partial charge >= 0.3 is 0 Å². The summed E-state index contributed by atoms with van der Waals surface area (Å²) in [5.74, 6) is 1.47. The number of fused-ring (bicyclic) bond motifs is 1. The van der Waals surface area contributed by atoms with Gasteiger partial charge in [0.1, 0.15) is 5.69 Å². The van der Waals surface area contributed by atoms with Crippen molar-refractivity contribution < 1.29 is 14.4 Å². The van der Waals surface area contributed by atoms with E-state index in [0.29, 0.717) is 18.9 Å². The van der Waals surface area contributed by atoms with Gasteiger partial charge in [-0.15, -0.1) is 0 Å². The second-order valence-corrected chi connectivity index (χ2v) is 6.68. The van der Waals surface area contributed by atoms with E-state index in [2.05, 4.69) is 4.90 Å². The highest BCUT2D eigenvalue weighted by molar-refractivity contribution is 5.67. The van der Waals surface area contributed by atoms with Gasteiger partial charge in [-0.25, -0.2) is 0 Å². The summed E-state index contributed by atoms with van der Waals surface area (Å²) in [7, 11) is 0. The lowest BCUT2D eigenvalue weighted by Gasteiger charge is -2.27. The van der Waals surface area contributed by atoms with Crippen LogP contribution in [0.3, 0.4) is 0 Å². The van der Waals surface area contributed by atoms with Gasteiger partial charge in [-0.2, -0.15) is 5.26 Å². The SMILES string of the molecule is N#Cc1ccc(N2CCCC2c2ccc3c(c2)OCCCO3)c([N+](=O)[O-])c1. The fourth-order valence-electron chi connectivity index (χ4n) is 3.77. The summed E-state index contributed by atoms with van der Waals surface area (Å²) < 4.78 is 11.5. The zero-order valence-corrected chi connectivity index (χ0v) is 14.8. The van der Waals surface area contributed by atoms with Gasteiger partial charge in [0.05, 0.1) is 35.8 Å². The van der Waals surface area contributed by atoms with E-state index in [-0.39, 0.29) is 17.3 Å². The van der Waals surface area contributed by atoms with Crippen molar-refractivity contribution >= 4 is 11.4 Å². The van der Waals surface area contributed by atoms with E-state index in [9.17, 15) is 10.1 Å². The summed E-state index contributed by atoms with van der Waals surface area (Å²) in [5, 5.41) is 20.6. The molecule has 0 bridgehead atoms. The van der Waals surface area contributed by atoms with Crippen molar-refractivity contribution in [2.45, 2.75) is 25.3 Å². The van der Waals surface area contributed by atoms with E-state index in [0.717, 1.165) is 42.9 Å². The van der Waals surface area contributed by atoms with Gasteiger partial charge in [0.2, 0.25) is 0 Å². The van der Waals surface area contributed by atoms with Crippen LogP contribution in [0.25, 0.3) is 0 Å². The van der Waals surface area contributed by atoms with Crippen LogP contribution in [-0.4, -0.2) is 24.7 Å². The molecule has 7 nitrogen and oxygen atoms in total. The number of hydrogen-bond donors (Lipinski definition) is 0. The number of rotatable bonds is 3. The molecule has 138 valence electrons. The Labute approximate surface area is 156 Å². The molecule has 2 aromatic carbocycles. The van der Waals surface area contributed by atoms with Crippen LogP contribution in [0.5, 0.6) is 11.5 Å². The zero-order valence-electron chi connectivity index (χ0n) is 14.8. The predicted molar refractivity (Wildman–Crippen MR) is 99.2 cm³/mol. The molecular formula is C20H19N3O4. The molecule has 0 radical (unpaired) electrons. The third-order valence-corrected chi connectivity index (χ3v) is 5.02. The van der Waals surface area contributed by atoms with Gasteiger partial charge in [0.15, 0.2) is 11.5 Å². The summed E-state index contributed by atoms with van der Waals surface area (Å²) >= 11 is 0. The molecule has 7 heteroatoms. The van der Waals surface area contributed by atoms with Crippen LogP contribution in [-0.2, 0) is 0 Å². The van der Waals surface area contributed by atoms with Gasteiger partial charge in [-0.05, 0) is 42.7 Å². The minimum absolute atomic E-state index is 0.0220. The Bertz CT molecular complexity index is 922. The van der Waals surface area contributed by atoms with Crippen LogP contribution in [0.1, 0.15) is 36.4 Å². The first kappa shape index (κ1) is 17.2. The van der Waals surface area contributed by atoms with Crippen LogP contribution in [0, 0.1) is 21.4 Å². The number of nitrogens with zero attached hydrogens (tertiary/aromatic N) is 3. The monoisotopic (exact) mass is 365 g/mol. The van der Waals surface area contributed by atoms with E-state index < -0.39 is 4.92 Å². The molecule has 2 aliphatic rings. The van der Waals surface area contributed by atoms with Crippen molar-refractivity contribution in [3.8, 4) is 17.6 Å². The maximum Gasteiger partial charge on any atom is 0.293 e. The largest absolute Gasteiger partial charge is 0.490 e. The topological polar surface area (TPSA) is 88.6 Å². The quantitative estimate of drug-likeness (QED) is 0.604. The normalized spacial score (nSPS) is 18.6. The highest BCUT2D eigenvalue weighted by Crippen LogP contribution is 2.42. The lowest BCUT2D eigenvalue weighted by molar-refractivity contribution is -0.384. The Morgan fingerprint density at radius 2 is 1.93 bits per heavy atom. The number of nitriles is 1. The standard InChI is InChI=1S/C20H19N3O4/c21-13-14-4-6-17(18(11-14)23(24)25)22-8-1-3-16(22)15-5-7-19-20(12-15)27-10-2-9-26-19/h4-7,11-12,16H,1-3,8-10H2. The molecule has 0 spiro atoms. The highest BCUT2D eigenvalue weighted by Gasteiger charge is 2.31. The minimum Gasteiger partial charge on any atom is -0.490 e. The zero-order chi connectivity index (χ0) is 18.8. The molecule has 1 unspecified atom stereocenters. The second-order valence-electron chi connectivity index (χ2n) is 6.68. The Morgan fingerprint density at radius 3 is 2.70 bits per heavy atom. The molecule has 2 aliphatic heterocycles. The molecule has 0 amide bonds. The molecule has 4 rings (SSSR count). The van der Waals surface area contributed by atoms with Crippen LogP contribution in [0.2, 0.25) is 0 Å². The molecular weight excluding hydrogens is 346 g/mol. The Hall–Kier alpha value is -3.27. The number of ether oxygens (including phenoxy) is 2. The van der Waals surface area contributed by atoms with Crippen molar-refractivity contribution in [1.82, 2.24) is 0 Å². The van der Waals surface area contributed by atoms with E-state index in [1.807, 2.05) is 24.3 Å². The molecule has 2 aromatic rings. The molecule has 0 aromatic heterocycles. The number of hydrogen-bond acceptors (Lipinski definition) is 6. The molecule has 1 fully saturated rings. The summed E-state index contributed by atoms with van der Waals surface area (Å²) in [6, 6.07) is 12.6. The number of benzene rings is 2. The first-order valence-corrected chi connectivity index (χ1v) is 9.02. The fourth-order valence-corrected chi connectivity index (χ4v) is 3.77. The molecule has 1 saturated heterocycles. The van der Waals surface area contributed by atoms with Crippen molar-refractivity contribution in [3.63, 3.8) is 0 Å². The van der Waals surface area contributed by atoms with Gasteiger partial charge in [0.25, 0.3) is 5.69 Å². The highest BCUT2D eigenvalue weighted by atomic mass is 16.6. The van der Waals surface area contributed by atoms with Crippen molar-refractivity contribution in [2.24, 2.45) is 0 Å². The number of nitro benzene ring substituents is 1. The smallest absolute Gasteiger partial charge is 0.293 e. The molecule has 1 atom stereocenters. The van der Waals surface area contributed by atoms with E-state index in [4.69, 9.17) is 14.7 Å². The summed E-state index contributed by atoms with van der Waals surface area (Å²) in [4.78, 5) is 13.2. The van der Waals surface area contributed by atoms with Crippen LogP contribution >= 0.6 is 0 Å². The first-order chi connectivity index (χ1) is 13.2. The van der Waals surface area contributed by atoms with Gasteiger partial charge in [0, 0.05) is 19.0 Å². The molecule has 0 aliphatic carbocycles. The summed E-state index contributed by atoms with van der Waals surface area (Å²) in [6.45, 7) is 1.98. The van der Waals surface area contributed by atoms with Crippen molar-refractivity contribution in [1.29, 1.82) is 5.26 Å². The molecule has 0 saturated carbocycles. The Kier molecular flexibility index (Phi) is 4.55. The maximum atomic E-state index is 11.6. The van der Waals surface area contributed by atoms with Crippen LogP contribution in [0.15, 0.2) is 36.4 Å². The minimum atomic E-state index is -0.417. The fraction of sp³-hybridized carbons (Fsp3) is 0.350. The molecule has 27 heavy (non-hydrogen) atoms. The maximum absolute atomic E-state index is 11.6. The summed E-state index contributed by atoms with van der Waals surface area (Å²) in [6.07, 6.45) is 2.68. The van der Waals surface area contributed by atoms with Gasteiger partial charge in [-0.1, -0.05) is 6.07 Å². The first-order valence-electron chi connectivity index (χ1n) is 9.02. The van der Waals surface area contributed by atoms with Gasteiger partial charge in [-0.3, -0.25) is 10.1 Å². The van der Waals surface area contributed by atoms with Gasteiger partial charge < -0.3 is 14.4 Å². The molecule has 0 N–H and O–H groups in total. The third kappa shape index (κ3) is 3.26. The average Bonchev–Trinajstić information content (AvgIpc) is 3.05. The van der Waals surface area contributed by atoms with Crippen LogP contribution < -0.4 is 14.4 Å². The predicted octanol–water partition coefficient (Wildman–Crippen LogP) is 3.97. The molecule has 2 heterocycles. The Balaban J connectivity index is 1.70.